The van der Waals surface area contributed by atoms with E-state index in [2.05, 4.69) is 34.9 Å². The number of carbonyl (C=O) groups excluding carboxylic acids is 1. The lowest BCUT2D eigenvalue weighted by molar-refractivity contribution is -0.127. The third-order valence-electron chi connectivity index (χ3n) is 5.94. The molecule has 25 heavy (non-hydrogen) atoms. The van der Waals surface area contributed by atoms with Crippen molar-refractivity contribution in [2.75, 3.05) is 19.6 Å². The summed E-state index contributed by atoms with van der Waals surface area (Å²) in [6.07, 6.45) is 6.66. The summed E-state index contributed by atoms with van der Waals surface area (Å²) in [6, 6.07) is 8.87. The van der Waals surface area contributed by atoms with Gasteiger partial charge in [-0.25, -0.2) is 0 Å². The minimum absolute atomic E-state index is 0.343. The number of hydrogen-bond acceptors (Lipinski definition) is 3. The van der Waals surface area contributed by atoms with Crippen LogP contribution in [0.2, 0.25) is 0 Å². The topological polar surface area (TPSA) is 36.7 Å². The Morgan fingerprint density at radius 3 is 2.84 bits per heavy atom. The van der Waals surface area contributed by atoms with E-state index in [4.69, 9.17) is 4.42 Å². The first-order valence-corrected chi connectivity index (χ1v) is 9.71. The first-order valence-electron chi connectivity index (χ1n) is 9.71. The Bertz CT molecular complexity index is 751. The van der Waals surface area contributed by atoms with Gasteiger partial charge in [0.25, 0.3) is 0 Å². The molecule has 2 aliphatic heterocycles. The summed E-state index contributed by atoms with van der Waals surface area (Å²) in [7, 11) is 0. The van der Waals surface area contributed by atoms with Crippen molar-refractivity contribution in [3.8, 4) is 0 Å². The Morgan fingerprint density at radius 2 is 2.04 bits per heavy atom. The molecule has 0 radical (unpaired) electrons. The van der Waals surface area contributed by atoms with Gasteiger partial charge in [0.05, 0.1) is 6.54 Å². The molecule has 0 N–H and O–H groups in total. The van der Waals surface area contributed by atoms with Crippen molar-refractivity contribution in [3.05, 3.63) is 35.6 Å². The standard InChI is InChI=1S/C21H28N2O2/c1-16-18-8-2-3-9-19(18)25-20(16)15-23-12-5-4-7-17(23)11-14-22-13-6-10-21(22)24/h2-3,8-9,17H,4-7,10-15H2,1H3/t17-/m0/s1. The maximum Gasteiger partial charge on any atom is 0.222 e. The van der Waals surface area contributed by atoms with Crippen LogP contribution in [0, 0.1) is 6.92 Å². The molecule has 1 aromatic heterocycles. The number of hydrogen-bond donors (Lipinski definition) is 0. The molecule has 4 rings (SSSR count). The highest BCUT2D eigenvalue weighted by atomic mass is 16.3. The smallest absolute Gasteiger partial charge is 0.222 e. The van der Waals surface area contributed by atoms with E-state index in [-0.39, 0.29) is 0 Å². The molecule has 1 atom stereocenters. The average Bonchev–Trinajstić information content (AvgIpc) is 3.18. The molecular weight excluding hydrogens is 312 g/mol. The van der Waals surface area contributed by atoms with Crippen molar-refractivity contribution in [2.24, 2.45) is 0 Å². The van der Waals surface area contributed by atoms with Crippen LogP contribution in [-0.2, 0) is 11.3 Å². The number of furan rings is 1. The third-order valence-corrected chi connectivity index (χ3v) is 5.94. The fraction of sp³-hybridized carbons (Fsp3) is 0.571. The van der Waals surface area contributed by atoms with E-state index in [1.54, 1.807) is 0 Å². The summed E-state index contributed by atoms with van der Waals surface area (Å²) in [6.45, 7) is 6.06. The highest BCUT2D eigenvalue weighted by molar-refractivity contribution is 5.81. The molecule has 134 valence electrons. The molecule has 2 fully saturated rings. The monoisotopic (exact) mass is 340 g/mol. The van der Waals surface area contributed by atoms with E-state index in [1.165, 1.54) is 30.2 Å². The maximum absolute atomic E-state index is 11.9. The van der Waals surface area contributed by atoms with Crippen LogP contribution in [0.15, 0.2) is 28.7 Å². The lowest BCUT2D eigenvalue weighted by Gasteiger charge is -2.36. The Morgan fingerprint density at radius 1 is 1.16 bits per heavy atom. The van der Waals surface area contributed by atoms with Crippen LogP contribution in [0.25, 0.3) is 11.0 Å². The van der Waals surface area contributed by atoms with Crippen LogP contribution >= 0.6 is 0 Å². The van der Waals surface area contributed by atoms with Crippen molar-refractivity contribution in [1.29, 1.82) is 0 Å². The Kier molecular flexibility index (Phi) is 4.80. The van der Waals surface area contributed by atoms with Gasteiger partial charge in [-0.2, -0.15) is 0 Å². The molecule has 0 bridgehead atoms. The normalized spacial score (nSPS) is 22.2. The Balaban J connectivity index is 1.45. The number of aryl methyl sites for hydroxylation is 1. The molecule has 2 saturated heterocycles. The molecule has 1 amide bonds. The highest BCUT2D eigenvalue weighted by Gasteiger charge is 2.27. The first kappa shape index (κ1) is 16.6. The molecule has 0 unspecified atom stereocenters. The van der Waals surface area contributed by atoms with Crippen molar-refractivity contribution in [1.82, 2.24) is 9.80 Å². The van der Waals surface area contributed by atoms with Gasteiger partial charge in [-0.15, -0.1) is 0 Å². The van der Waals surface area contributed by atoms with Gasteiger partial charge in [0, 0.05) is 30.9 Å². The number of piperidine rings is 1. The Labute approximate surface area is 149 Å². The molecule has 4 nitrogen and oxygen atoms in total. The molecule has 3 heterocycles. The molecule has 0 aliphatic carbocycles. The third kappa shape index (κ3) is 3.45. The summed E-state index contributed by atoms with van der Waals surface area (Å²) in [5, 5.41) is 1.23. The second-order valence-electron chi connectivity index (χ2n) is 7.54. The van der Waals surface area contributed by atoms with Crippen molar-refractivity contribution in [3.63, 3.8) is 0 Å². The number of amides is 1. The van der Waals surface area contributed by atoms with Gasteiger partial charge in [-0.3, -0.25) is 9.69 Å². The van der Waals surface area contributed by atoms with Crippen molar-refractivity contribution < 1.29 is 9.21 Å². The van der Waals surface area contributed by atoms with Crippen LogP contribution < -0.4 is 0 Å². The van der Waals surface area contributed by atoms with E-state index in [0.717, 1.165) is 56.8 Å². The van der Waals surface area contributed by atoms with Gasteiger partial charge in [-0.05, 0) is 50.8 Å². The lowest BCUT2D eigenvalue weighted by atomic mass is 9.98. The molecule has 2 aromatic rings. The average molecular weight is 340 g/mol. The van der Waals surface area contributed by atoms with Crippen LogP contribution in [0.4, 0.5) is 0 Å². The van der Waals surface area contributed by atoms with Gasteiger partial charge in [0.15, 0.2) is 0 Å². The predicted molar refractivity (Wildman–Crippen MR) is 99.4 cm³/mol. The van der Waals surface area contributed by atoms with Gasteiger partial charge in [-0.1, -0.05) is 24.6 Å². The fourth-order valence-corrected chi connectivity index (χ4v) is 4.40. The van der Waals surface area contributed by atoms with Crippen LogP contribution in [0.5, 0.6) is 0 Å². The van der Waals surface area contributed by atoms with E-state index in [1.807, 2.05) is 6.07 Å². The second-order valence-corrected chi connectivity index (χ2v) is 7.54. The highest BCUT2D eigenvalue weighted by Crippen LogP contribution is 2.29. The van der Waals surface area contributed by atoms with E-state index < -0.39 is 0 Å². The summed E-state index contributed by atoms with van der Waals surface area (Å²) in [5.41, 5.74) is 2.26. The zero-order valence-corrected chi connectivity index (χ0v) is 15.2. The molecule has 0 saturated carbocycles. The lowest BCUT2D eigenvalue weighted by Crippen LogP contribution is -2.41. The Hall–Kier alpha value is -1.81. The van der Waals surface area contributed by atoms with E-state index in [0.29, 0.717) is 11.9 Å². The summed E-state index contributed by atoms with van der Waals surface area (Å²) in [5.74, 6) is 1.45. The van der Waals surface area contributed by atoms with E-state index in [9.17, 15) is 4.79 Å². The number of rotatable bonds is 5. The maximum atomic E-state index is 11.9. The molecule has 4 heteroatoms. The van der Waals surface area contributed by atoms with Gasteiger partial charge >= 0.3 is 0 Å². The number of carbonyl (C=O) groups is 1. The summed E-state index contributed by atoms with van der Waals surface area (Å²) < 4.78 is 6.14. The number of fused-ring (bicyclic) bond motifs is 1. The fourth-order valence-electron chi connectivity index (χ4n) is 4.40. The zero-order valence-electron chi connectivity index (χ0n) is 15.2. The SMILES string of the molecule is Cc1c(CN2CCCC[C@H]2CCN2CCCC2=O)oc2ccccc12. The van der Waals surface area contributed by atoms with Crippen LogP contribution in [-0.4, -0.2) is 41.4 Å². The number of likely N-dealkylation sites (tertiary alicyclic amines) is 2. The molecule has 2 aliphatic rings. The number of para-hydroxylation sites is 1. The van der Waals surface area contributed by atoms with E-state index >= 15 is 0 Å². The molecule has 0 spiro atoms. The zero-order chi connectivity index (χ0) is 17.2. The molecular formula is C21H28N2O2. The number of benzene rings is 1. The number of nitrogens with zero attached hydrogens (tertiary/aromatic N) is 2. The van der Waals surface area contributed by atoms with Gasteiger partial charge < -0.3 is 9.32 Å². The van der Waals surface area contributed by atoms with Crippen molar-refractivity contribution >= 4 is 16.9 Å². The summed E-state index contributed by atoms with van der Waals surface area (Å²) in [4.78, 5) is 16.5. The van der Waals surface area contributed by atoms with Crippen LogP contribution in [0.3, 0.4) is 0 Å². The minimum atomic E-state index is 0.343. The van der Waals surface area contributed by atoms with Crippen molar-refractivity contribution in [2.45, 2.75) is 58.0 Å². The summed E-state index contributed by atoms with van der Waals surface area (Å²) >= 11 is 0. The second kappa shape index (κ2) is 7.20. The van der Waals surface area contributed by atoms with Crippen LogP contribution in [0.1, 0.15) is 49.8 Å². The minimum Gasteiger partial charge on any atom is -0.459 e. The van der Waals surface area contributed by atoms with Gasteiger partial charge in [0.1, 0.15) is 11.3 Å². The first-order chi connectivity index (χ1) is 12.2. The largest absolute Gasteiger partial charge is 0.459 e. The predicted octanol–water partition coefficient (Wildman–Crippen LogP) is 4.11. The quantitative estimate of drug-likeness (QED) is 0.822. The molecule has 1 aromatic carbocycles. The van der Waals surface area contributed by atoms with Gasteiger partial charge in [0.2, 0.25) is 5.91 Å².